The summed E-state index contributed by atoms with van der Waals surface area (Å²) < 4.78 is 7.28. The monoisotopic (exact) mass is 420 g/mol. The molecule has 10 unspecified atom stereocenters. The van der Waals surface area contributed by atoms with E-state index in [1.54, 1.807) is 0 Å². The predicted octanol–water partition coefficient (Wildman–Crippen LogP) is 4.44. The molecule has 4 aliphatic carbocycles. The first-order chi connectivity index (χ1) is 14.4. The smallest absolute Gasteiger partial charge is 0.0772 e. The molecule has 1 heterocycles. The summed E-state index contributed by atoms with van der Waals surface area (Å²) in [5, 5.41) is 32.6. The maximum Gasteiger partial charge on any atom is 0.0772 e. The minimum atomic E-state index is -0.490. The number of rotatable bonds is 1. The molecule has 0 radical (unpaired) electrons. The molecule has 1 saturated heterocycles. The van der Waals surface area contributed by atoms with E-state index in [9.17, 15) is 15.3 Å². The molecule has 0 aromatic carbocycles. The molecule has 30 heavy (non-hydrogen) atoms. The third kappa shape index (κ3) is 3.07. The average Bonchev–Trinajstić information content (AvgIpc) is 2.76. The molecule has 0 aromatic heterocycles. The molecule has 1 spiro atoms. The summed E-state index contributed by atoms with van der Waals surface area (Å²) in [6.45, 7) is 4.23. The summed E-state index contributed by atoms with van der Waals surface area (Å²) in [5.41, 5.74) is 0.0604. The number of ether oxygens (including phenoxy) is 1. The zero-order valence-electron chi connectivity index (χ0n) is 19.1. The van der Waals surface area contributed by atoms with Crippen molar-refractivity contribution in [3.05, 3.63) is 0 Å². The first-order valence-electron chi connectivity index (χ1n) is 13.1. The highest BCUT2D eigenvalue weighted by Crippen LogP contribution is 2.67. The van der Waals surface area contributed by atoms with Gasteiger partial charge in [-0.05, 0) is 68.6 Å². The van der Waals surface area contributed by atoms with Crippen LogP contribution in [0.3, 0.4) is 0 Å². The lowest BCUT2D eigenvalue weighted by Gasteiger charge is -2.68. The van der Waals surface area contributed by atoms with Gasteiger partial charge >= 0.3 is 0 Å². The van der Waals surface area contributed by atoms with Crippen molar-refractivity contribution in [3.8, 4) is 0 Å². The minimum absolute atomic E-state index is 0.0845. The molecule has 0 amide bonds. The van der Waals surface area contributed by atoms with Gasteiger partial charge in [0.1, 0.15) is 0 Å². The van der Waals surface area contributed by atoms with Crippen LogP contribution in [-0.2, 0) is 4.74 Å². The van der Waals surface area contributed by atoms with Crippen LogP contribution < -0.4 is 0 Å². The topological polar surface area (TPSA) is 69.9 Å². The number of hydrogen-bond donors (Lipinski definition) is 3. The average molecular weight is 421 g/mol. The molecular formula is C26H44O4. The highest BCUT2D eigenvalue weighted by atomic mass is 16.5. The lowest BCUT2D eigenvalue weighted by molar-refractivity contribution is -0.321. The number of hydrogen-bond acceptors (Lipinski definition) is 4. The molecule has 4 nitrogen and oxygen atoms in total. The van der Waals surface area contributed by atoms with Crippen molar-refractivity contribution in [1.82, 2.24) is 0 Å². The molecular weight excluding hydrogens is 376 g/mol. The Labute approximate surface area is 182 Å². The standard InChI is InChI=1S/C26H44O4/c1-16-20(27)11-9-18(23(16)29)26-15-7-4-8-22(26)25(13-5-3-6-14-25)19-10-12-21(28)17(2)24(19)30-26/h16-24,27-29H,3-15H2,1-2H3. The lowest BCUT2D eigenvalue weighted by Crippen LogP contribution is -2.70. The Morgan fingerprint density at radius 2 is 1.30 bits per heavy atom. The quantitative estimate of drug-likeness (QED) is 0.587. The molecule has 4 heteroatoms. The van der Waals surface area contributed by atoms with Crippen molar-refractivity contribution in [2.75, 3.05) is 0 Å². The SMILES string of the molecule is CC1C(O)CCC(C23CCCCC2C2(CCCCC2)C2CCC(O)C(C)C2O3)C1O. The molecule has 10 atom stereocenters. The summed E-state index contributed by atoms with van der Waals surface area (Å²) in [6.07, 6.45) is 14.0. The zero-order chi connectivity index (χ0) is 21.1. The van der Waals surface area contributed by atoms with Crippen molar-refractivity contribution in [2.24, 2.45) is 35.0 Å². The highest BCUT2D eigenvalue weighted by molar-refractivity contribution is 5.15. The number of aliphatic hydroxyl groups is 3. The Hall–Kier alpha value is -0.160. The number of aliphatic hydroxyl groups excluding tert-OH is 3. The Bertz CT molecular complexity index is 616. The van der Waals surface area contributed by atoms with Crippen LogP contribution in [0.4, 0.5) is 0 Å². The van der Waals surface area contributed by atoms with E-state index in [1.165, 1.54) is 51.4 Å². The third-order valence-electron chi connectivity index (χ3n) is 10.7. The van der Waals surface area contributed by atoms with Gasteiger partial charge in [0, 0.05) is 17.8 Å². The zero-order valence-corrected chi connectivity index (χ0v) is 19.1. The molecule has 1 aliphatic heterocycles. The van der Waals surface area contributed by atoms with Gasteiger partial charge in [0.15, 0.2) is 0 Å². The van der Waals surface area contributed by atoms with E-state index < -0.39 is 12.2 Å². The van der Waals surface area contributed by atoms with Crippen LogP contribution in [0.25, 0.3) is 0 Å². The molecule has 3 N–H and O–H groups in total. The summed E-state index contributed by atoms with van der Waals surface area (Å²) >= 11 is 0. The molecule has 4 saturated carbocycles. The van der Waals surface area contributed by atoms with Crippen LogP contribution in [0.15, 0.2) is 0 Å². The largest absolute Gasteiger partial charge is 0.393 e. The van der Waals surface area contributed by atoms with E-state index in [-0.39, 0.29) is 35.6 Å². The van der Waals surface area contributed by atoms with Gasteiger partial charge in [0.25, 0.3) is 0 Å². The molecule has 0 bridgehead atoms. The fourth-order valence-electron chi connectivity index (χ4n) is 9.13. The van der Waals surface area contributed by atoms with Crippen LogP contribution in [-0.4, -0.2) is 45.3 Å². The molecule has 5 fully saturated rings. The summed E-state index contributed by atoms with van der Waals surface area (Å²) in [5.74, 6) is 1.30. The van der Waals surface area contributed by atoms with E-state index in [1.807, 2.05) is 6.92 Å². The Balaban J connectivity index is 1.59. The van der Waals surface area contributed by atoms with Gasteiger partial charge in [0.05, 0.1) is 30.0 Å². The van der Waals surface area contributed by atoms with Crippen molar-refractivity contribution in [3.63, 3.8) is 0 Å². The van der Waals surface area contributed by atoms with Crippen LogP contribution in [0.5, 0.6) is 0 Å². The van der Waals surface area contributed by atoms with Gasteiger partial charge in [-0.3, -0.25) is 0 Å². The second-order valence-electron chi connectivity index (χ2n) is 11.8. The van der Waals surface area contributed by atoms with Crippen LogP contribution in [0, 0.1) is 35.0 Å². The van der Waals surface area contributed by atoms with Crippen LogP contribution >= 0.6 is 0 Å². The highest BCUT2D eigenvalue weighted by Gasteiger charge is 2.67. The van der Waals surface area contributed by atoms with E-state index in [0.717, 1.165) is 32.1 Å². The Morgan fingerprint density at radius 1 is 0.667 bits per heavy atom. The van der Waals surface area contributed by atoms with Crippen LogP contribution in [0.2, 0.25) is 0 Å². The second kappa shape index (κ2) is 8.01. The summed E-state index contributed by atoms with van der Waals surface area (Å²) in [4.78, 5) is 0. The van der Waals surface area contributed by atoms with Gasteiger partial charge in [0.2, 0.25) is 0 Å². The van der Waals surface area contributed by atoms with Gasteiger partial charge < -0.3 is 20.1 Å². The third-order valence-corrected chi connectivity index (χ3v) is 10.7. The fraction of sp³-hybridized carbons (Fsp3) is 1.00. The van der Waals surface area contributed by atoms with E-state index in [0.29, 0.717) is 17.3 Å². The lowest BCUT2D eigenvalue weighted by atomic mass is 9.44. The van der Waals surface area contributed by atoms with Crippen molar-refractivity contribution < 1.29 is 20.1 Å². The maximum absolute atomic E-state index is 11.4. The molecule has 172 valence electrons. The summed E-state index contributed by atoms with van der Waals surface area (Å²) in [6, 6.07) is 0. The van der Waals surface area contributed by atoms with Gasteiger partial charge in [-0.25, -0.2) is 0 Å². The second-order valence-corrected chi connectivity index (χ2v) is 11.8. The summed E-state index contributed by atoms with van der Waals surface area (Å²) in [7, 11) is 0. The fourth-order valence-corrected chi connectivity index (χ4v) is 9.13. The van der Waals surface area contributed by atoms with Gasteiger partial charge in [-0.2, -0.15) is 0 Å². The van der Waals surface area contributed by atoms with Gasteiger partial charge in [-0.1, -0.05) is 46.0 Å². The molecule has 0 aromatic rings. The molecule has 5 aliphatic rings. The van der Waals surface area contributed by atoms with Crippen molar-refractivity contribution in [2.45, 2.75) is 127 Å². The van der Waals surface area contributed by atoms with Crippen molar-refractivity contribution >= 4 is 0 Å². The Kier molecular flexibility index (Phi) is 5.78. The number of fused-ring (bicyclic) bond motifs is 4. The normalized spacial score (nSPS) is 53.7. The first-order valence-corrected chi connectivity index (χ1v) is 13.1. The van der Waals surface area contributed by atoms with Crippen LogP contribution in [0.1, 0.15) is 97.3 Å². The predicted molar refractivity (Wildman–Crippen MR) is 117 cm³/mol. The minimum Gasteiger partial charge on any atom is -0.393 e. The van der Waals surface area contributed by atoms with Gasteiger partial charge in [-0.15, -0.1) is 0 Å². The maximum atomic E-state index is 11.4. The Morgan fingerprint density at radius 3 is 2.03 bits per heavy atom. The van der Waals surface area contributed by atoms with Crippen molar-refractivity contribution in [1.29, 1.82) is 0 Å². The van der Waals surface area contributed by atoms with E-state index in [4.69, 9.17) is 4.74 Å². The molecule has 5 rings (SSSR count). The van der Waals surface area contributed by atoms with E-state index >= 15 is 0 Å². The first kappa shape index (κ1) is 21.7. The van der Waals surface area contributed by atoms with E-state index in [2.05, 4.69) is 6.92 Å².